The van der Waals surface area contributed by atoms with Crippen LogP contribution in [0.1, 0.15) is 34.6 Å². The van der Waals surface area contributed by atoms with Gasteiger partial charge >= 0.3 is 29.6 Å². The number of likely N-dealkylation sites (tertiary alicyclic amines) is 1. The predicted molar refractivity (Wildman–Crippen MR) is 102 cm³/mol. The summed E-state index contributed by atoms with van der Waals surface area (Å²) in [6, 6.07) is 17.3. The maximum absolute atomic E-state index is 11.3. The van der Waals surface area contributed by atoms with Crippen molar-refractivity contribution in [2.24, 2.45) is 0 Å². The molecule has 2 aromatic heterocycles. The first-order valence-electron chi connectivity index (χ1n) is 9.26. The van der Waals surface area contributed by atoms with Crippen LogP contribution in [0.4, 0.5) is 0 Å². The van der Waals surface area contributed by atoms with Crippen molar-refractivity contribution in [1.29, 1.82) is 5.26 Å². The minimum Gasteiger partial charge on any atom is -0.543 e. The van der Waals surface area contributed by atoms with Gasteiger partial charge in [-0.1, -0.05) is 24.3 Å². The van der Waals surface area contributed by atoms with Crippen LogP contribution < -0.4 is 34.7 Å². The molecule has 3 aromatic rings. The Balaban J connectivity index is 0.00000240. The summed E-state index contributed by atoms with van der Waals surface area (Å²) >= 11 is 0. The van der Waals surface area contributed by atoms with Crippen LogP contribution in [0.3, 0.4) is 0 Å². The number of carboxylic acid groups (broad SMARTS) is 1. The minimum atomic E-state index is -1.27. The summed E-state index contributed by atoms with van der Waals surface area (Å²) in [6.45, 7) is 2.08. The predicted octanol–water partition coefficient (Wildman–Crippen LogP) is -0.945. The summed E-state index contributed by atoms with van der Waals surface area (Å²) in [7, 11) is 0. The van der Waals surface area contributed by atoms with Crippen LogP contribution in [0.5, 0.6) is 0 Å². The first-order chi connectivity index (χ1) is 13.6. The Morgan fingerprint density at radius 1 is 1.17 bits per heavy atom. The van der Waals surface area contributed by atoms with E-state index in [4.69, 9.17) is 0 Å². The zero-order chi connectivity index (χ0) is 19.6. The van der Waals surface area contributed by atoms with Gasteiger partial charge in [0.2, 0.25) is 0 Å². The molecule has 1 aliphatic rings. The molecule has 6 nitrogen and oxygen atoms in total. The summed E-state index contributed by atoms with van der Waals surface area (Å²) in [5, 5.41) is 22.1. The number of nitriles is 1. The third-order valence-electron chi connectivity index (χ3n) is 5.48. The van der Waals surface area contributed by atoms with Crippen LogP contribution in [0.2, 0.25) is 0 Å². The van der Waals surface area contributed by atoms with Crippen molar-refractivity contribution in [3.05, 3.63) is 71.7 Å². The van der Waals surface area contributed by atoms with Gasteiger partial charge in [-0.2, -0.15) is 5.26 Å². The quantitative estimate of drug-likeness (QED) is 0.530. The standard InChI is InChI=1S/C22H20N4O2.Na/c23-15-22(20-7-3-4-10-24-20)8-11-26(12-9-22)14-16-13-19(21(27)28)25-18-6-2-1-5-17(16)18;/h1-7,10,13H,8-9,11-12,14H2,(H,27,28);/q;+1/p-1. The first-order valence-corrected chi connectivity index (χ1v) is 9.26. The Bertz CT molecular complexity index is 1060. The summed E-state index contributed by atoms with van der Waals surface area (Å²) < 4.78 is 0. The van der Waals surface area contributed by atoms with Crippen LogP contribution in [-0.2, 0) is 12.0 Å². The fourth-order valence-corrected chi connectivity index (χ4v) is 3.89. The zero-order valence-corrected chi connectivity index (χ0v) is 18.3. The van der Waals surface area contributed by atoms with E-state index in [0.717, 1.165) is 29.7 Å². The number of piperidine rings is 1. The molecule has 0 saturated carbocycles. The number of rotatable bonds is 4. The van der Waals surface area contributed by atoms with Crippen LogP contribution in [-0.4, -0.2) is 33.9 Å². The van der Waals surface area contributed by atoms with E-state index in [1.807, 2.05) is 42.5 Å². The van der Waals surface area contributed by atoms with Crippen molar-refractivity contribution in [2.75, 3.05) is 13.1 Å². The number of hydrogen-bond donors (Lipinski definition) is 0. The van der Waals surface area contributed by atoms with Crippen molar-refractivity contribution >= 4 is 16.9 Å². The second kappa shape index (κ2) is 9.02. The molecule has 1 aliphatic heterocycles. The number of carbonyl (C=O) groups excluding carboxylic acids is 1. The van der Waals surface area contributed by atoms with Gasteiger partial charge in [0.05, 0.1) is 28.9 Å². The van der Waals surface area contributed by atoms with Gasteiger partial charge in [0.25, 0.3) is 0 Å². The average Bonchev–Trinajstić information content (AvgIpc) is 2.75. The number of carbonyl (C=O) groups is 1. The van der Waals surface area contributed by atoms with Crippen molar-refractivity contribution in [3.8, 4) is 6.07 Å². The third-order valence-corrected chi connectivity index (χ3v) is 5.48. The van der Waals surface area contributed by atoms with E-state index < -0.39 is 11.4 Å². The fraction of sp³-hybridized carbons (Fsp3) is 0.273. The van der Waals surface area contributed by atoms with Gasteiger partial charge < -0.3 is 9.90 Å². The molecule has 0 aliphatic carbocycles. The third kappa shape index (κ3) is 4.34. The van der Waals surface area contributed by atoms with Crippen LogP contribution in [0.15, 0.2) is 54.7 Å². The number of aromatic carboxylic acids is 1. The Labute approximate surface area is 191 Å². The monoisotopic (exact) mass is 394 g/mol. The van der Waals surface area contributed by atoms with Crippen molar-refractivity contribution in [1.82, 2.24) is 14.9 Å². The van der Waals surface area contributed by atoms with Gasteiger partial charge in [0.1, 0.15) is 5.41 Å². The number of nitrogens with zero attached hydrogens (tertiary/aromatic N) is 4. The molecule has 0 radical (unpaired) electrons. The van der Waals surface area contributed by atoms with Gasteiger partial charge in [-0.15, -0.1) is 0 Å². The molecule has 1 fully saturated rings. The van der Waals surface area contributed by atoms with Crippen molar-refractivity contribution in [2.45, 2.75) is 24.8 Å². The molecule has 29 heavy (non-hydrogen) atoms. The topological polar surface area (TPSA) is 92.9 Å². The fourth-order valence-electron chi connectivity index (χ4n) is 3.89. The number of hydrogen-bond acceptors (Lipinski definition) is 6. The van der Waals surface area contributed by atoms with Crippen molar-refractivity contribution in [3.63, 3.8) is 0 Å². The van der Waals surface area contributed by atoms with E-state index in [1.165, 1.54) is 0 Å². The molecule has 0 atom stereocenters. The number of pyridine rings is 2. The van der Waals surface area contributed by atoms with E-state index in [2.05, 4.69) is 20.9 Å². The largest absolute Gasteiger partial charge is 1.00 e. The van der Waals surface area contributed by atoms with Crippen LogP contribution in [0, 0.1) is 11.3 Å². The van der Waals surface area contributed by atoms with Crippen LogP contribution >= 0.6 is 0 Å². The van der Waals surface area contributed by atoms with E-state index in [0.29, 0.717) is 24.9 Å². The van der Waals surface area contributed by atoms with Crippen LogP contribution in [0.25, 0.3) is 10.9 Å². The summed E-state index contributed by atoms with van der Waals surface area (Å²) in [5.41, 5.74) is 1.77. The summed E-state index contributed by atoms with van der Waals surface area (Å²) in [4.78, 5) is 22.2. The molecule has 0 amide bonds. The number of aromatic nitrogens is 2. The molecule has 0 unspecified atom stereocenters. The normalized spacial score (nSPS) is 16.0. The number of carboxylic acids is 1. The molecular weight excluding hydrogens is 375 g/mol. The maximum atomic E-state index is 11.3. The van der Waals surface area contributed by atoms with E-state index >= 15 is 0 Å². The molecule has 4 rings (SSSR count). The number of fused-ring (bicyclic) bond motifs is 1. The van der Waals surface area contributed by atoms with E-state index in [9.17, 15) is 15.2 Å². The van der Waals surface area contributed by atoms with E-state index in [1.54, 1.807) is 12.3 Å². The smallest absolute Gasteiger partial charge is 0.543 e. The van der Waals surface area contributed by atoms with Gasteiger partial charge in [0.15, 0.2) is 0 Å². The van der Waals surface area contributed by atoms with Gasteiger partial charge in [-0.3, -0.25) is 9.88 Å². The molecule has 140 valence electrons. The Hall–Kier alpha value is -2.30. The Morgan fingerprint density at radius 3 is 2.55 bits per heavy atom. The first kappa shape index (κ1) is 21.4. The second-order valence-corrected chi connectivity index (χ2v) is 7.16. The SMILES string of the molecule is N#CC1(c2ccccn2)CCN(Cc2cc(C(=O)[O-])nc3ccccc23)CC1.[Na+]. The molecule has 0 N–H and O–H groups in total. The molecule has 1 aromatic carbocycles. The summed E-state index contributed by atoms with van der Waals surface area (Å²) in [6.07, 6.45) is 3.11. The molecular formula is C22H19N4NaO2. The van der Waals surface area contributed by atoms with Gasteiger partial charge in [-0.25, -0.2) is 4.98 Å². The maximum Gasteiger partial charge on any atom is 1.00 e. The zero-order valence-electron chi connectivity index (χ0n) is 16.3. The Kier molecular flexibility index (Phi) is 6.66. The molecule has 0 bridgehead atoms. The number of para-hydroxylation sites is 1. The minimum absolute atomic E-state index is 0. The number of benzene rings is 1. The summed E-state index contributed by atoms with van der Waals surface area (Å²) in [5.74, 6) is -1.27. The van der Waals surface area contributed by atoms with E-state index in [-0.39, 0.29) is 35.3 Å². The molecule has 1 saturated heterocycles. The Morgan fingerprint density at radius 2 is 1.90 bits per heavy atom. The van der Waals surface area contributed by atoms with Gasteiger partial charge in [-0.05, 0) is 42.7 Å². The van der Waals surface area contributed by atoms with Gasteiger partial charge in [0, 0.05) is 31.2 Å². The molecule has 3 heterocycles. The molecule has 7 heteroatoms. The van der Waals surface area contributed by atoms with Crippen molar-refractivity contribution < 1.29 is 39.5 Å². The average molecular weight is 394 g/mol. The second-order valence-electron chi connectivity index (χ2n) is 7.16. The molecule has 0 spiro atoms.